The Bertz CT molecular complexity index is 794. The van der Waals surface area contributed by atoms with Crippen molar-refractivity contribution < 1.29 is 9.53 Å². The van der Waals surface area contributed by atoms with E-state index in [4.69, 9.17) is 40.0 Å². The average molecular weight is 363 g/mol. The summed E-state index contributed by atoms with van der Waals surface area (Å²) in [5.74, 6) is 0.426. The fourth-order valence-corrected chi connectivity index (χ4v) is 3.76. The van der Waals surface area contributed by atoms with Crippen LogP contribution in [0, 0.1) is 5.41 Å². The molecule has 126 valence electrons. The molecule has 1 aromatic carbocycles. The lowest BCUT2D eigenvalue weighted by molar-refractivity contribution is -0.119. The molecule has 1 unspecified atom stereocenters. The van der Waals surface area contributed by atoms with E-state index in [1.807, 2.05) is 26.0 Å². The van der Waals surface area contributed by atoms with Gasteiger partial charge in [0.05, 0.1) is 5.57 Å². The minimum absolute atomic E-state index is 0.0439. The minimum Gasteiger partial charge on any atom is -0.445 e. The summed E-state index contributed by atoms with van der Waals surface area (Å²) in [5.41, 5.74) is 13.8. The number of ketones is 1. The van der Waals surface area contributed by atoms with Gasteiger partial charge in [0.2, 0.25) is 0 Å². The van der Waals surface area contributed by atoms with Gasteiger partial charge in [0.15, 0.2) is 11.7 Å². The summed E-state index contributed by atoms with van der Waals surface area (Å²) < 4.78 is 5.77. The van der Waals surface area contributed by atoms with Crippen molar-refractivity contribution in [1.82, 2.24) is 0 Å². The number of nitrogens with two attached hydrogens (primary N) is 2. The van der Waals surface area contributed by atoms with E-state index in [1.165, 1.54) is 0 Å². The normalized spacial score (nSPS) is 23.0. The minimum atomic E-state index is -0.410. The second-order valence-corrected chi connectivity index (χ2v) is 7.88. The van der Waals surface area contributed by atoms with Gasteiger partial charge in [0.25, 0.3) is 0 Å². The van der Waals surface area contributed by atoms with Crippen molar-refractivity contribution in [3.8, 4) is 0 Å². The largest absolute Gasteiger partial charge is 0.445 e. The number of ether oxygens (including phenoxy) is 1. The maximum absolute atomic E-state index is 12.9. The Morgan fingerprint density at radius 2 is 1.92 bits per heavy atom. The molecule has 1 aromatic rings. The smallest absolute Gasteiger partial charge is 0.197 e. The SMILES string of the molecule is CC1(C)CC(=O)C2=C(C1)OC(N)=C(C(N)=S)C2c1ccc(Cl)cc1. The van der Waals surface area contributed by atoms with Gasteiger partial charge >= 0.3 is 0 Å². The molecular weight excluding hydrogens is 344 g/mol. The van der Waals surface area contributed by atoms with Gasteiger partial charge in [0, 0.05) is 29.4 Å². The highest BCUT2D eigenvalue weighted by molar-refractivity contribution is 7.80. The third-order valence-electron chi connectivity index (χ3n) is 4.42. The first-order valence-electron chi connectivity index (χ1n) is 7.68. The van der Waals surface area contributed by atoms with Gasteiger partial charge in [-0.3, -0.25) is 4.79 Å². The van der Waals surface area contributed by atoms with Gasteiger partial charge in [-0.1, -0.05) is 49.8 Å². The lowest BCUT2D eigenvalue weighted by atomic mass is 9.70. The molecule has 1 atom stereocenters. The van der Waals surface area contributed by atoms with E-state index in [0.717, 1.165) is 5.56 Å². The van der Waals surface area contributed by atoms with Crippen molar-refractivity contribution in [1.29, 1.82) is 0 Å². The molecule has 24 heavy (non-hydrogen) atoms. The van der Waals surface area contributed by atoms with Crippen molar-refractivity contribution in [2.45, 2.75) is 32.6 Å². The molecular formula is C18H19ClN2O2S. The molecule has 0 radical (unpaired) electrons. The molecule has 0 amide bonds. The van der Waals surface area contributed by atoms with Crippen LogP contribution in [-0.4, -0.2) is 10.8 Å². The predicted octanol–water partition coefficient (Wildman–Crippen LogP) is 3.55. The molecule has 4 nitrogen and oxygen atoms in total. The molecule has 6 heteroatoms. The number of carbonyl (C=O) groups is 1. The third-order valence-corrected chi connectivity index (χ3v) is 4.90. The number of Topliss-reactive ketones (excluding diaryl/α,β-unsaturated/α-hetero) is 1. The van der Waals surface area contributed by atoms with Gasteiger partial charge in [-0.2, -0.15) is 0 Å². The van der Waals surface area contributed by atoms with Gasteiger partial charge in [-0.25, -0.2) is 0 Å². The molecule has 1 aliphatic heterocycles. The Morgan fingerprint density at radius 3 is 2.50 bits per heavy atom. The average Bonchev–Trinajstić information content (AvgIpc) is 2.44. The quantitative estimate of drug-likeness (QED) is 0.786. The molecule has 1 aliphatic carbocycles. The number of rotatable bonds is 2. The van der Waals surface area contributed by atoms with E-state index in [0.29, 0.717) is 34.8 Å². The first-order chi connectivity index (χ1) is 11.2. The van der Waals surface area contributed by atoms with Crippen LogP contribution in [0.15, 0.2) is 47.1 Å². The molecule has 0 bridgehead atoms. The number of carbonyl (C=O) groups excluding carboxylic acids is 1. The molecule has 2 aliphatic rings. The molecule has 4 N–H and O–H groups in total. The molecule has 3 rings (SSSR count). The van der Waals surface area contributed by atoms with E-state index in [9.17, 15) is 4.79 Å². The van der Waals surface area contributed by atoms with Gasteiger partial charge in [-0.15, -0.1) is 0 Å². The maximum Gasteiger partial charge on any atom is 0.197 e. The molecule has 0 saturated heterocycles. The number of benzene rings is 1. The van der Waals surface area contributed by atoms with Gasteiger partial charge < -0.3 is 16.2 Å². The topological polar surface area (TPSA) is 78.3 Å². The van der Waals surface area contributed by atoms with Crippen molar-refractivity contribution in [3.63, 3.8) is 0 Å². The van der Waals surface area contributed by atoms with Crippen LogP contribution in [0.5, 0.6) is 0 Å². The van der Waals surface area contributed by atoms with Crippen LogP contribution >= 0.6 is 23.8 Å². The number of hydrogen-bond acceptors (Lipinski definition) is 4. The van der Waals surface area contributed by atoms with E-state index in [-0.39, 0.29) is 22.1 Å². The Morgan fingerprint density at radius 1 is 1.29 bits per heavy atom. The lowest BCUT2D eigenvalue weighted by Crippen LogP contribution is -2.36. The second kappa shape index (κ2) is 5.90. The summed E-state index contributed by atoms with van der Waals surface area (Å²) in [4.78, 5) is 13.0. The molecule has 0 spiro atoms. The summed E-state index contributed by atoms with van der Waals surface area (Å²) in [5, 5.41) is 0.616. The fraction of sp³-hybridized carbons (Fsp3) is 0.333. The van der Waals surface area contributed by atoms with Crippen LogP contribution in [0.25, 0.3) is 0 Å². The van der Waals surface area contributed by atoms with E-state index in [1.54, 1.807) is 12.1 Å². The molecule has 0 aromatic heterocycles. The van der Waals surface area contributed by atoms with Crippen molar-refractivity contribution in [3.05, 3.63) is 57.6 Å². The van der Waals surface area contributed by atoms with Gasteiger partial charge in [0.1, 0.15) is 10.7 Å². The maximum atomic E-state index is 12.9. The van der Waals surface area contributed by atoms with Crippen LogP contribution in [0.4, 0.5) is 0 Å². The number of halogens is 1. The monoisotopic (exact) mass is 362 g/mol. The van der Waals surface area contributed by atoms with Crippen LogP contribution in [-0.2, 0) is 9.53 Å². The van der Waals surface area contributed by atoms with Crippen LogP contribution < -0.4 is 11.5 Å². The Labute approximate surface area is 151 Å². The van der Waals surface area contributed by atoms with E-state index >= 15 is 0 Å². The van der Waals surface area contributed by atoms with Crippen molar-refractivity contribution in [2.24, 2.45) is 16.9 Å². The van der Waals surface area contributed by atoms with E-state index < -0.39 is 5.92 Å². The highest BCUT2D eigenvalue weighted by Gasteiger charge is 2.43. The Hall–Kier alpha value is -1.85. The van der Waals surface area contributed by atoms with Crippen LogP contribution in [0.3, 0.4) is 0 Å². The zero-order valence-electron chi connectivity index (χ0n) is 13.6. The summed E-state index contributed by atoms with van der Waals surface area (Å²) in [6.45, 7) is 4.08. The molecule has 1 heterocycles. The first-order valence-corrected chi connectivity index (χ1v) is 8.47. The highest BCUT2D eigenvalue weighted by atomic mass is 35.5. The zero-order valence-corrected chi connectivity index (χ0v) is 15.1. The van der Waals surface area contributed by atoms with Crippen molar-refractivity contribution in [2.75, 3.05) is 0 Å². The Balaban J connectivity index is 2.19. The lowest BCUT2D eigenvalue weighted by Gasteiger charge is -2.38. The van der Waals surface area contributed by atoms with Crippen LogP contribution in [0.2, 0.25) is 5.02 Å². The van der Waals surface area contributed by atoms with Crippen LogP contribution in [0.1, 0.15) is 38.2 Å². The summed E-state index contributed by atoms with van der Waals surface area (Å²) in [6, 6.07) is 7.28. The fourth-order valence-electron chi connectivity index (χ4n) is 3.42. The molecule has 0 saturated carbocycles. The highest BCUT2D eigenvalue weighted by Crippen LogP contribution is 2.48. The standard InChI is InChI=1S/C18H19ClN2O2S/c1-18(2)7-11(22)14-12(8-18)23-16(20)15(17(21)24)13(14)9-3-5-10(19)6-4-9/h3-6,13H,7-8,20H2,1-2H3,(H2,21,24). The van der Waals surface area contributed by atoms with E-state index in [2.05, 4.69) is 0 Å². The third kappa shape index (κ3) is 2.94. The number of hydrogen-bond donors (Lipinski definition) is 2. The Kier molecular flexibility index (Phi) is 4.18. The predicted molar refractivity (Wildman–Crippen MR) is 98.3 cm³/mol. The summed E-state index contributed by atoms with van der Waals surface area (Å²) in [7, 11) is 0. The first kappa shape index (κ1) is 17.0. The number of allylic oxidation sites excluding steroid dienone is 2. The second-order valence-electron chi connectivity index (χ2n) is 7.01. The zero-order chi connectivity index (χ0) is 17.6. The van der Waals surface area contributed by atoms with Crippen molar-refractivity contribution >= 4 is 34.6 Å². The molecule has 0 fully saturated rings. The summed E-state index contributed by atoms with van der Waals surface area (Å²) in [6.07, 6.45) is 1.09. The van der Waals surface area contributed by atoms with Gasteiger partial charge in [-0.05, 0) is 23.1 Å². The summed E-state index contributed by atoms with van der Waals surface area (Å²) >= 11 is 11.2. The number of thiocarbonyl (C=S) groups is 1.